The largest absolute Gasteiger partial charge is 0.393 e. The third-order valence-corrected chi connectivity index (χ3v) is 4.70. The maximum Gasteiger partial charge on any atom is 0.328 e. The van der Waals surface area contributed by atoms with E-state index in [4.69, 9.17) is 0 Å². The summed E-state index contributed by atoms with van der Waals surface area (Å²) in [6.45, 7) is 0.186. The molecule has 0 unspecified atom stereocenters. The first-order chi connectivity index (χ1) is 12.5. The quantitative estimate of drug-likeness (QED) is 0.635. The van der Waals surface area contributed by atoms with Crippen LogP contribution < -0.4 is 16.6 Å². The summed E-state index contributed by atoms with van der Waals surface area (Å²) in [5.74, 6) is 0.0391. The number of aromatic nitrogens is 3. The number of aromatic amines is 1. The fraction of sp³-hybridized carbons (Fsp3) is 0.444. The zero-order chi connectivity index (χ0) is 18.5. The van der Waals surface area contributed by atoms with Gasteiger partial charge in [-0.25, -0.2) is 4.79 Å². The number of aliphatic hydroxyl groups is 1. The number of aryl methyl sites for hydroxylation is 1. The molecule has 2 aromatic rings. The number of hydrogen-bond acceptors (Lipinski definition) is 5. The highest BCUT2D eigenvalue weighted by atomic mass is 16.3. The molecule has 1 aliphatic rings. The highest BCUT2D eigenvalue weighted by molar-refractivity contribution is 5.76. The molecule has 0 saturated heterocycles. The van der Waals surface area contributed by atoms with E-state index in [1.807, 2.05) is 18.2 Å². The van der Waals surface area contributed by atoms with Crippen molar-refractivity contribution in [2.45, 2.75) is 44.4 Å². The average Bonchev–Trinajstić information content (AvgIpc) is 2.58. The molecule has 1 fully saturated rings. The second-order valence-electron chi connectivity index (χ2n) is 6.64. The topological polar surface area (TPSA) is 117 Å². The molecule has 3 rings (SSSR count). The van der Waals surface area contributed by atoms with Crippen molar-refractivity contribution in [3.63, 3.8) is 0 Å². The number of carbonyl (C=O) groups excluding carboxylic acids is 1. The van der Waals surface area contributed by atoms with Crippen LogP contribution in [0.4, 0.5) is 0 Å². The molecule has 1 amide bonds. The van der Waals surface area contributed by atoms with Crippen molar-refractivity contribution in [1.82, 2.24) is 19.9 Å². The minimum atomic E-state index is -0.530. The lowest BCUT2D eigenvalue weighted by atomic mass is 9.76. The van der Waals surface area contributed by atoms with Gasteiger partial charge in [-0.1, -0.05) is 6.07 Å². The first kappa shape index (κ1) is 18.1. The van der Waals surface area contributed by atoms with Gasteiger partial charge in [-0.3, -0.25) is 19.6 Å². The molecular formula is C18H22N4O4. The maximum absolute atomic E-state index is 12.3. The van der Waals surface area contributed by atoms with Crippen LogP contribution in [0.3, 0.4) is 0 Å². The number of H-pyrrole nitrogens is 1. The number of nitrogens with zero attached hydrogens (tertiary/aromatic N) is 2. The first-order valence-corrected chi connectivity index (χ1v) is 8.68. The Balaban J connectivity index is 1.59. The molecule has 26 heavy (non-hydrogen) atoms. The van der Waals surface area contributed by atoms with E-state index in [0.717, 1.165) is 5.69 Å². The predicted molar refractivity (Wildman–Crippen MR) is 94.5 cm³/mol. The van der Waals surface area contributed by atoms with Gasteiger partial charge in [-0.05, 0) is 30.9 Å². The highest BCUT2D eigenvalue weighted by Gasteiger charge is 2.34. The Morgan fingerprint density at radius 2 is 2.15 bits per heavy atom. The molecule has 0 aromatic carbocycles. The third kappa shape index (κ3) is 4.66. The number of nitrogens with one attached hydrogen (secondary N) is 2. The summed E-state index contributed by atoms with van der Waals surface area (Å²) in [7, 11) is 0. The Morgan fingerprint density at radius 3 is 2.81 bits per heavy atom. The van der Waals surface area contributed by atoms with Crippen molar-refractivity contribution in [1.29, 1.82) is 0 Å². The number of amides is 1. The van der Waals surface area contributed by atoms with Gasteiger partial charge in [0.1, 0.15) is 0 Å². The van der Waals surface area contributed by atoms with Gasteiger partial charge in [-0.15, -0.1) is 0 Å². The monoisotopic (exact) mass is 358 g/mol. The van der Waals surface area contributed by atoms with E-state index in [9.17, 15) is 19.5 Å². The third-order valence-electron chi connectivity index (χ3n) is 4.70. The second kappa shape index (κ2) is 8.09. The molecule has 0 spiro atoms. The molecule has 8 heteroatoms. The van der Waals surface area contributed by atoms with E-state index >= 15 is 0 Å². The van der Waals surface area contributed by atoms with Gasteiger partial charge in [0.25, 0.3) is 5.56 Å². The minimum absolute atomic E-state index is 0.104. The van der Waals surface area contributed by atoms with E-state index in [0.29, 0.717) is 19.3 Å². The van der Waals surface area contributed by atoms with E-state index in [1.54, 1.807) is 6.20 Å². The van der Waals surface area contributed by atoms with Crippen molar-refractivity contribution in [2.75, 3.05) is 0 Å². The highest BCUT2D eigenvalue weighted by Crippen LogP contribution is 2.31. The van der Waals surface area contributed by atoms with Crippen molar-refractivity contribution in [3.8, 4) is 0 Å². The van der Waals surface area contributed by atoms with Gasteiger partial charge in [0, 0.05) is 49.6 Å². The predicted octanol–water partition coefficient (Wildman–Crippen LogP) is -0.180. The molecule has 2 aromatic heterocycles. The summed E-state index contributed by atoms with van der Waals surface area (Å²) in [5, 5.41) is 12.6. The average molecular weight is 358 g/mol. The fourth-order valence-electron chi connectivity index (χ4n) is 3.16. The molecule has 1 aliphatic carbocycles. The minimum Gasteiger partial charge on any atom is -0.393 e. The van der Waals surface area contributed by atoms with Gasteiger partial charge in [0.15, 0.2) is 0 Å². The summed E-state index contributed by atoms with van der Waals surface area (Å²) < 4.78 is 1.29. The molecule has 2 heterocycles. The van der Waals surface area contributed by atoms with Crippen LogP contribution in [0.15, 0.2) is 46.2 Å². The van der Waals surface area contributed by atoms with Gasteiger partial charge in [-0.2, -0.15) is 0 Å². The zero-order valence-electron chi connectivity index (χ0n) is 14.3. The number of carbonyl (C=O) groups is 1. The van der Waals surface area contributed by atoms with Crippen molar-refractivity contribution < 1.29 is 9.90 Å². The molecule has 8 nitrogen and oxygen atoms in total. The SMILES string of the molecule is O=C(CCn1ccc(=O)[nH]c1=O)N[C@@H](Cc1ccccn1)C1CC(O)C1. The van der Waals surface area contributed by atoms with Crippen LogP contribution in [0.25, 0.3) is 0 Å². The lowest BCUT2D eigenvalue weighted by molar-refractivity contribution is -0.123. The van der Waals surface area contributed by atoms with Crippen LogP contribution in [-0.2, 0) is 17.8 Å². The number of aliphatic hydroxyl groups excluding tert-OH is 1. The van der Waals surface area contributed by atoms with E-state index < -0.39 is 11.2 Å². The Labute approximate surface area is 149 Å². The van der Waals surface area contributed by atoms with Crippen LogP contribution in [-0.4, -0.2) is 37.7 Å². The molecule has 138 valence electrons. The molecule has 3 N–H and O–H groups in total. The molecule has 1 saturated carbocycles. The molecule has 1 atom stereocenters. The number of hydrogen-bond donors (Lipinski definition) is 3. The second-order valence-corrected chi connectivity index (χ2v) is 6.64. The summed E-state index contributed by atoms with van der Waals surface area (Å²) in [6, 6.07) is 6.80. The van der Waals surface area contributed by atoms with E-state index in [-0.39, 0.29) is 36.9 Å². The first-order valence-electron chi connectivity index (χ1n) is 8.68. The maximum atomic E-state index is 12.3. The van der Waals surface area contributed by atoms with Crippen LogP contribution >= 0.6 is 0 Å². The van der Waals surface area contributed by atoms with Crippen molar-refractivity contribution in [3.05, 3.63) is 63.2 Å². The van der Waals surface area contributed by atoms with Crippen molar-refractivity contribution in [2.24, 2.45) is 5.92 Å². The normalized spacial score (nSPS) is 20.2. The number of rotatable bonds is 7. The number of pyridine rings is 1. The standard InChI is InChI=1S/C18H22N4O4/c23-14-9-12(10-14)15(11-13-3-1-2-6-19-13)20-16(24)4-7-22-8-5-17(25)21-18(22)26/h1-3,5-6,8,12,14-15,23H,4,7,9-11H2,(H,20,24)(H,21,25,26)/t12?,14?,15-/m0/s1. The van der Waals surface area contributed by atoms with Gasteiger partial charge >= 0.3 is 5.69 Å². The Morgan fingerprint density at radius 1 is 1.35 bits per heavy atom. The van der Waals surface area contributed by atoms with Crippen molar-refractivity contribution >= 4 is 5.91 Å². The Hall–Kier alpha value is -2.74. The molecule has 0 bridgehead atoms. The van der Waals surface area contributed by atoms with Crippen LogP contribution in [0.1, 0.15) is 25.0 Å². The lowest BCUT2D eigenvalue weighted by Gasteiger charge is -2.38. The fourth-order valence-corrected chi connectivity index (χ4v) is 3.16. The van der Waals surface area contributed by atoms with Crippen LogP contribution in [0, 0.1) is 5.92 Å². The van der Waals surface area contributed by atoms with E-state index in [1.165, 1.54) is 16.8 Å². The summed E-state index contributed by atoms with van der Waals surface area (Å²) >= 11 is 0. The summed E-state index contributed by atoms with van der Waals surface area (Å²) in [5.41, 5.74) is -0.108. The Kier molecular flexibility index (Phi) is 5.62. The van der Waals surface area contributed by atoms with Gasteiger partial charge in [0.05, 0.1) is 6.10 Å². The molecule has 0 aliphatic heterocycles. The van der Waals surface area contributed by atoms with Crippen LogP contribution in [0.2, 0.25) is 0 Å². The lowest BCUT2D eigenvalue weighted by Crippen LogP contribution is -2.48. The van der Waals surface area contributed by atoms with Gasteiger partial charge in [0.2, 0.25) is 5.91 Å². The van der Waals surface area contributed by atoms with Crippen LogP contribution in [0.5, 0.6) is 0 Å². The smallest absolute Gasteiger partial charge is 0.328 e. The zero-order valence-corrected chi connectivity index (χ0v) is 14.3. The Bertz CT molecular complexity index is 855. The molecular weight excluding hydrogens is 336 g/mol. The van der Waals surface area contributed by atoms with E-state index in [2.05, 4.69) is 15.3 Å². The summed E-state index contributed by atoms with van der Waals surface area (Å²) in [6.07, 6.45) is 4.84. The summed E-state index contributed by atoms with van der Waals surface area (Å²) in [4.78, 5) is 41.5. The van der Waals surface area contributed by atoms with Gasteiger partial charge < -0.3 is 15.0 Å². The molecule has 0 radical (unpaired) electrons.